The van der Waals surface area contributed by atoms with Crippen LogP contribution >= 0.6 is 31.9 Å². The molecule has 0 radical (unpaired) electrons. The van der Waals surface area contributed by atoms with Crippen molar-refractivity contribution in [3.05, 3.63) is 32.6 Å². The molecule has 0 aliphatic rings. The Morgan fingerprint density at radius 2 is 1.81 bits per heavy atom. The van der Waals surface area contributed by atoms with Gasteiger partial charge in [-0.25, -0.2) is 9.97 Å². The molecule has 2 rings (SSSR count). The Hall–Kier alpha value is -0.480. The molecule has 84 valence electrons. The van der Waals surface area contributed by atoms with Crippen molar-refractivity contribution >= 4 is 42.8 Å². The number of halogens is 2. The average molecular weight is 344 g/mol. The van der Waals surface area contributed by atoms with Gasteiger partial charge in [-0.2, -0.15) is 0 Å². The maximum atomic E-state index is 4.62. The number of fused-ring (bicyclic) bond motifs is 1. The van der Waals surface area contributed by atoms with Crippen molar-refractivity contribution in [1.82, 2.24) is 9.97 Å². The van der Waals surface area contributed by atoms with Crippen LogP contribution in [0.15, 0.2) is 21.2 Å². The van der Waals surface area contributed by atoms with Gasteiger partial charge in [-0.15, -0.1) is 0 Å². The van der Waals surface area contributed by atoms with Crippen molar-refractivity contribution in [1.29, 1.82) is 0 Å². The number of hydrogen-bond donors (Lipinski definition) is 0. The van der Waals surface area contributed by atoms with Crippen LogP contribution in [0.4, 0.5) is 0 Å². The van der Waals surface area contributed by atoms with Crippen molar-refractivity contribution in [2.45, 2.75) is 26.7 Å². The molecular formula is C12H12Br2N2. The van der Waals surface area contributed by atoms with Crippen molar-refractivity contribution in [3.63, 3.8) is 0 Å². The molecule has 0 spiro atoms. The molecule has 0 amide bonds. The molecule has 4 heteroatoms. The molecule has 2 aromatic rings. The first-order valence-corrected chi connectivity index (χ1v) is 6.71. The van der Waals surface area contributed by atoms with Crippen molar-refractivity contribution < 1.29 is 0 Å². The molecule has 0 bridgehead atoms. The molecule has 0 unspecified atom stereocenters. The van der Waals surface area contributed by atoms with Gasteiger partial charge in [0, 0.05) is 15.8 Å². The predicted molar refractivity (Wildman–Crippen MR) is 73.8 cm³/mol. The van der Waals surface area contributed by atoms with Gasteiger partial charge in [0.2, 0.25) is 0 Å². The van der Waals surface area contributed by atoms with Gasteiger partial charge in [0.15, 0.2) is 0 Å². The first-order valence-electron chi connectivity index (χ1n) is 5.13. The molecule has 0 aliphatic carbocycles. The molecule has 0 N–H and O–H groups in total. The Balaban J connectivity index is 2.83. The summed E-state index contributed by atoms with van der Waals surface area (Å²) in [5, 5.41) is 1.06. The Morgan fingerprint density at radius 3 is 2.44 bits per heavy atom. The second-order valence-corrected chi connectivity index (χ2v) is 5.70. The van der Waals surface area contributed by atoms with E-state index in [2.05, 4.69) is 62.6 Å². The molecule has 0 aliphatic heterocycles. The molecule has 16 heavy (non-hydrogen) atoms. The van der Waals surface area contributed by atoms with E-state index in [4.69, 9.17) is 0 Å². The van der Waals surface area contributed by atoms with Crippen LogP contribution in [0.3, 0.4) is 0 Å². The Kier molecular flexibility index (Phi) is 3.31. The fourth-order valence-electron chi connectivity index (χ4n) is 1.54. The van der Waals surface area contributed by atoms with E-state index >= 15 is 0 Å². The summed E-state index contributed by atoms with van der Waals surface area (Å²) < 4.78 is 1.96. The maximum absolute atomic E-state index is 4.62. The molecule has 1 heterocycles. The molecular weight excluding hydrogens is 332 g/mol. The van der Waals surface area contributed by atoms with Crippen LogP contribution in [0.5, 0.6) is 0 Å². The van der Waals surface area contributed by atoms with Crippen LogP contribution in [-0.2, 0) is 0 Å². The van der Waals surface area contributed by atoms with Crippen molar-refractivity contribution in [2.24, 2.45) is 0 Å². The summed E-state index contributed by atoms with van der Waals surface area (Å²) in [6.45, 7) is 6.26. The van der Waals surface area contributed by atoms with Gasteiger partial charge < -0.3 is 0 Å². The summed E-state index contributed by atoms with van der Waals surface area (Å²) in [4.78, 5) is 9.09. The first-order chi connectivity index (χ1) is 7.50. The predicted octanol–water partition coefficient (Wildman–Crippen LogP) is 4.59. The lowest BCUT2D eigenvalue weighted by Crippen LogP contribution is -2.00. The quantitative estimate of drug-likeness (QED) is 0.708. The Morgan fingerprint density at radius 1 is 1.12 bits per heavy atom. The lowest BCUT2D eigenvalue weighted by atomic mass is 10.1. The number of nitrogens with zero attached hydrogens (tertiary/aromatic N) is 2. The van der Waals surface area contributed by atoms with Crippen molar-refractivity contribution in [2.75, 3.05) is 0 Å². The van der Waals surface area contributed by atoms with Gasteiger partial charge in [0.25, 0.3) is 0 Å². The van der Waals surface area contributed by atoms with E-state index in [0.29, 0.717) is 5.92 Å². The normalized spacial score (nSPS) is 11.4. The smallest absolute Gasteiger partial charge is 0.132 e. The average Bonchev–Trinajstić information content (AvgIpc) is 2.23. The van der Waals surface area contributed by atoms with E-state index in [1.807, 2.05) is 12.1 Å². The highest BCUT2D eigenvalue weighted by molar-refractivity contribution is 9.11. The third kappa shape index (κ3) is 2.00. The molecule has 0 saturated heterocycles. The number of benzene rings is 1. The molecule has 1 aromatic carbocycles. The van der Waals surface area contributed by atoms with E-state index in [9.17, 15) is 0 Å². The molecule has 0 atom stereocenters. The van der Waals surface area contributed by atoms with E-state index in [1.54, 1.807) is 0 Å². The Labute approximate surface area is 112 Å². The van der Waals surface area contributed by atoms with Gasteiger partial charge in [0.1, 0.15) is 10.4 Å². The largest absolute Gasteiger partial charge is 0.232 e. The van der Waals surface area contributed by atoms with Crippen LogP contribution < -0.4 is 0 Å². The summed E-state index contributed by atoms with van der Waals surface area (Å²) in [6, 6.07) is 4.06. The molecule has 0 fully saturated rings. The van der Waals surface area contributed by atoms with Gasteiger partial charge in [-0.3, -0.25) is 0 Å². The van der Waals surface area contributed by atoms with Gasteiger partial charge >= 0.3 is 0 Å². The lowest BCUT2D eigenvalue weighted by Gasteiger charge is -2.09. The zero-order valence-corrected chi connectivity index (χ0v) is 12.6. The fraction of sp³-hybridized carbons (Fsp3) is 0.333. The third-order valence-electron chi connectivity index (χ3n) is 2.54. The summed E-state index contributed by atoms with van der Waals surface area (Å²) in [6.07, 6.45) is 0. The van der Waals surface area contributed by atoms with Crippen LogP contribution in [-0.4, -0.2) is 9.97 Å². The van der Waals surface area contributed by atoms with Gasteiger partial charge in [-0.05, 0) is 40.5 Å². The minimum Gasteiger partial charge on any atom is -0.232 e. The standard InChI is InChI=1S/C12H12Br2N2/c1-6(2)12-15-10-7(3)9(13)5-4-8(10)11(14)16-12/h4-6H,1-3H3. The van der Waals surface area contributed by atoms with E-state index in [1.165, 1.54) is 0 Å². The SMILES string of the molecule is Cc1c(Br)ccc2c(Br)nc(C(C)C)nc12. The fourth-order valence-corrected chi connectivity index (χ4v) is 2.37. The zero-order valence-electron chi connectivity index (χ0n) is 9.38. The summed E-state index contributed by atoms with van der Waals surface area (Å²) in [7, 11) is 0. The monoisotopic (exact) mass is 342 g/mol. The third-order valence-corrected chi connectivity index (χ3v) is 4.01. The van der Waals surface area contributed by atoms with Crippen LogP contribution in [0.2, 0.25) is 0 Å². The zero-order chi connectivity index (χ0) is 11.9. The van der Waals surface area contributed by atoms with E-state index < -0.39 is 0 Å². The minimum absolute atomic E-state index is 0.332. The van der Waals surface area contributed by atoms with Crippen LogP contribution in [0.1, 0.15) is 31.2 Å². The summed E-state index contributed by atoms with van der Waals surface area (Å²) in [5.41, 5.74) is 2.17. The highest BCUT2D eigenvalue weighted by Gasteiger charge is 2.11. The minimum atomic E-state index is 0.332. The highest BCUT2D eigenvalue weighted by Crippen LogP contribution is 2.29. The topological polar surface area (TPSA) is 25.8 Å². The van der Waals surface area contributed by atoms with E-state index in [-0.39, 0.29) is 0 Å². The van der Waals surface area contributed by atoms with Gasteiger partial charge in [0.05, 0.1) is 5.52 Å². The number of hydrogen-bond acceptors (Lipinski definition) is 2. The van der Waals surface area contributed by atoms with Gasteiger partial charge in [-0.1, -0.05) is 29.8 Å². The van der Waals surface area contributed by atoms with Crippen molar-refractivity contribution in [3.8, 4) is 0 Å². The summed E-state index contributed by atoms with van der Waals surface area (Å²) >= 11 is 7.04. The number of aryl methyl sites for hydroxylation is 1. The number of rotatable bonds is 1. The molecule has 1 aromatic heterocycles. The molecule has 2 nitrogen and oxygen atoms in total. The highest BCUT2D eigenvalue weighted by atomic mass is 79.9. The lowest BCUT2D eigenvalue weighted by molar-refractivity contribution is 0.778. The maximum Gasteiger partial charge on any atom is 0.132 e. The molecule has 0 saturated carbocycles. The first kappa shape index (κ1) is 12.0. The second kappa shape index (κ2) is 4.41. The second-order valence-electron chi connectivity index (χ2n) is 4.10. The Bertz CT molecular complexity index is 550. The number of aromatic nitrogens is 2. The van der Waals surface area contributed by atoms with E-state index in [0.717, 1.165) is 31.4 Å². The van der Waals surface area contributed by atoms with Crippen LogP contribution in [0.25, 0.3) is 10.9 Å². The summed E-state index contributed by atoms with van der Waals surface area (Å²) in [5.74, 6) is 1.21. The van der Waals surface area contributed by atoms with Crippen LogP contribution in [0, 0.1) is 6.92 Å².